The van der Waals surface area contributed by atoms with Crippen LogP contribution in [-0.2, 0) is 19.1 Å². The molecule has 188 valence electrons. The number of methoxy groups -OCH3 is 2. The number of carbonyl (C=O) groups excluding carboxylic acids is 2. The van der Waals surface area contributed by atoms with Gasteiger partial charge in [-0.3, -0.25) is 9.59 Å². The number of hydrogen-bond acceptors (Lipinski definition) is 4. The zero-order valence-corrected chi connectivity index (χ0v) is 22.5. The maximum Gasteiger partial charge on any atom is 0.228 e. The van der Waals surface area contributed by atoms with Crippen LogP contribution in [0.2, 0.25) is 0 Å². The summed E-state index contributed by atoms with van der Waals surface area (Å²) in [5, 5.41) is 0. The fraction of sp³-hybridized carbons (Fsp3) is 0.724. The van der Waals surface area contributed by atoms with Crippen LogP contribution >= 0.6 is 0 Å². The quantitative estimate of drug-likeness (QED) is 0.175. The molecule has 33 heavy (non-hydrogen) atoms. The number of allylic oxidation sites excluding steroid dienone is 4. The Morgan fingerprint density at radius 1 is 0.788 bits per heavy atom. The minimum atomic E-state index is -0.266. The van der Waals surface area contributed by atoms with Gasteiger partial charge in [-0.1, -0.05) is 84.3 Å². The van der Waals surface area contributed by atoms with Crippen molar-refractivity contribution in [1.29, 1.82) is 0 Å². The molecule has 1 aliphatic rings. The molecule has 0 saturated carbocycles. The normalized spacial score (nSPS) is 17.2. The molecule has 0 N–H and O–H groups in total. The molecule has 2 unspecified atom stereocenters. The number of ether oxygens (including phenoxy) is 2. The Morgan fingerprint density at radius 3 is 1.79 bits per heavy atom. The van der Waals surface area contributed by atoms with Crippen molar-refractivity contribution in [2.45, 2.75) is 106 Å². The molecule has 4 heteroatoms. The first kappa shape index (κ1) is 29.2. The minimum Gasteiger partial charge on any atom is -0.489 e. The van der Waals surface area contributed by atoms with Gasteiger partial charge in [0.2, 0.25) is 23.1 Å². The van der Waals surface area contributed by atoms with E-state index in [1.807, 2.05) is 0 Å². The number of ketones is 2. The van der Waals surface area contributed by atoms with E-state index in [0.29, 0.717) is 17.6 Å². The molecule has 0 aromatic heterocycles. The molecule has 0 spiro atoms. The van der Waals surface area contributed by atoms with Crippen LogP contribution < -0.4 is 0 Å². The number of rotatable bonds is 16. The van der Waals surface area contributed by atoms with Crippen LogP contribution in [0.4, 0.5) is 0 Å². The summed E-state index contributed by atoms with van der Waals surface area (Å²) in [6.07, 6.45) is 14.1. The predicted molar refractivity (Wildman–Crippen MR) is 137 cm³/mol. The van der Waals surface area contributed by atoms with Gasteiger partial charge in [0.15, 0.2) is 0 Å². The summed E-state index contributed by atoms with van der Waals surface area (Å²) < 4.78 is 10.3. The van der Waals surface area contributed by atoms with Crippen molar-refractivity contribution >= 4 is 11.6 Å². The number of hydrogen-bond donors (Lipinski definition) is 0. The predicted octanol–water partition coefficient (Wildman–Crippen LogP) is 7.73. The summed E-state index contributed by atoms with van der Waals surface area (Å²) in [5.74, 6) is 1.93. The Bertz CT molecular complexity index is 739. The third-order valence-electron chi connectivity index (χ3n) is 6.89. The van der Waals surface area contributed by atoms with Crippen LogP contribution in [0.25, 0.3) is 0 Å². The molecule has 0 amide bonds. The van der Waals surface area contributed by atoms with E-state index in [1.165, 1.54) is 64.7 Å². The first-order chi connectivity index (χ1) is 15.6. The summed E-state index contributed by atoms with van der Waals surface area (Å²) in [5.41, 5.74) is 2.23. The smallest absolute Gasteiger partial charge is 0.228 e. The van der Waals surface area contributed by atoms with Crippen molar-refractivity contribution in [2.24, 2.45) is 17.8 Å². The van der Waals surface area contributed by atoms with Crippen LogP contribution in [0.3, 0.4) is 0 Å². The molecule has 0 saturated heterocycles. The molecule has 2 atom stereocenters. The lowest BCUT2D eigenvalue weighted by Gasteiger charge is -2.19. The third kappa shape index (κ3) is 9.90. The molecule has 0 radical (unpaired) electrons. The van der Waals surface area contributed by atoms with Gasteiger partial charge in [0.25, 0.3) is 0 Å². The zero-order chi connectivity index (χ0) is 25.0. The maximum atomic E-state index is 12.7. The molecule has 1 rings (SSSR count). The molecular weight excluding hydrogens is 412 g/mol. The Kier molecular flexibility index (Phi) is 13.4. The van der Waals surface area contributed by atoms with Gasteiger partial charge in [-0.25, -0.2) is 0 Å². The summed E-state index contributed by atoms with van der Waals surface area (Å²) in [4.78, 5) is 25.2. The molecule has 0 heterocycles. The summed E-state index contributed by atoms with van der Waals surface area (Å²) in [6, 6.07) is 0. The van der Waals surface area contributed by atoms with Gasteiger partial charge in [-0.15, -0.1) is 0 Å². The first-order valence-corrected chi connectivity index (χ1v) is 12.9. The second kappa shape index (κ2) is 15.1. The maximum absolute atomic E-state index is 12.7. The molecule has 4 nitrogen and oxygen atoms in total. The Balaban J connectivity index is 2.39. The molecule has 0 bridgehead atoms. The van der Waals surface area contributed by atoms with E-state index in [-0.39, 0.29) is 23.1 Å². The molecule has 0 aromatic carbocycles. The van der Waals surface area contributed by atoms with Crippen molar-refractivity contribution < 1.29 is 19.1 Å². The van der Waals surface area contributed by atoms with Crippen LogP contribution in [0.5, 0.6) is 0 Å². The number of Topliss-reactive ketones (excluding diaryl/α,β-unsaturated/α-hetero) is 2. The van der Waals surface area contributed by atoms with E-state index in [0.717, 1.165) is 30.6 Å². The van der Waals surface area contributed by atoms with Gasteiger partial charge in [0.05, 0.1) is 14.2 Å². The summed E-state index contributed by atoms with van der Waals surface area (Å²) in [7, 11) is 2.78. The van der Waals surface area contributed by atoms with Gasteiger partial charge < -0.3 is 9.47 Å². The van der Waals surface area contributed by atoms with Gasteiger partial charge in [-0.05, 0) is 50.9 Å². The van der Waals surface area contributed by atoms with E-state index in [2.05, 4.69) is 40.7 Å². The number of carbonyl (C=O) groups is 2. The van der Waals surface area contributed by atoms with Crippen LogP contribution in [0.1, 0.15) is 106 Å². The standard InChI is InChI=1S/C29H48O4/c1-20(2)12-9-13-21(3)14-10-15-22(4)16-11-17-23(5)18-19-25-24(6)26(30)28(32-7)29(33-8)27(25)31/h18,20-22H,9-17,19H2,1-8H3/b23-18+. The summed E-state index contributed by atoms with van der Waals surface area (Å²) >= 11 is 0. The van der Waals surface area contributed by atoms with Gasteiger partial charge in [0, 0.05) is 11.1 Å². The van der Waals surface area contributed by atoms with Gasteiger partial charge >= 0.3 is 0 Å². The average Bonchev–Trinajstić information content (AvgIpc) is 2.75. The van der Waals surface area contributed by atoms with Gasteiger partial charge in [0.1, 0.15) is 0 Å². The second-order valence-electron chi connectivity index (χ2n) is 10.4. The van der Waals surface area contributed by atoms with E-state index in [4.69, 9.17) is 9.47 Å². The van der Waals surface area contributed by atoms with Crippen molar-refractivity contribution in [3.63, 3.8) is 0 Å². The van der Waals surface area contributed by atoms with E-state index >= 15 is 0 Å². The monoisotopic (exact) mass is 460 g/mol. The highest BCUT2D eigenvalue weighted by Gasteiger charge is 2.34. The highest BCUT2D eigenvalue weighted by atomic mass is 16.5. The lowest BCUT2D eigenvalue weighted by molar-refractivity contribution is -0.121. The summed E-state index contributed by atoms with van der Waals surface area (Å²) in [6.45, 7) is 13.2. The largest absolute Gasteiger partial charge is 0.489 e. The van der Waals surface area contributed by atoms with Gasteiger partial charge in [-0.2, -0.15) is 0 Å². The van der Waals surface area contributed by atoms with Crippen LogP contribution in [-0.4, -0.2) is 25.8 Å². The lowest BCUT2D eigenvalue weighted by atomic mass is 9.90. The molecule has 0 fully saturated rings. The Labute approximate surface area is 202 Å². The molecular formula is C29H48O4. The van der Waals surface area contributed by atoms with Crippen LogP contribution in [0.15, 0.2) is 34.3 Å². The minimum absolute atomic E-state index is 0.00314. The first-order valence-electron chi connectivity index (χ1n) is 12.9. The van der Waals surface area contributed by atoms with Crippen molar-refractivity contribution in [3.05, 3.63) is 34.3 Å². The van der Waals surface area contributed by atoms with E-state index in [1.54, 1.807) is 6.92 Å². The third-order valence-corrected chi connectivity index (χ3v) is 6.89. The second-order valence-corrected chi connectivity index (χ2v) is 10.4. The zero-order valence-electron chi connectivity index (χ0n) is 22.5. The van der Waals surface area contributed by atoms with Crippen LogP contribution in [0, 0.1) is 17.8 Å². The highest BCUT2D eigenvalue weighted by Crippen LogP contribution is 2.28. The lowest BCUT2D eigenvalue weighted by Crippen LogP contribution is -2.24. The molecule has 1 aliphatic carbocycles. The highest BCUT2D eigenvalue weighted by molar-refractivity contribution is 6.23. The fourth-order valence-corrected chi connectivity index (χ4v) is 4.52. The fourth-order valence-electron chi connectivity index (χ4n) is 4.52. The Morgan fingerprint density at radius 2 is 1.27 bits per heavy atom. The van der Waals surface area contributed by atoms with E-state index < -0.39 is 0 Å². The average molecular weight is 461 g/mol. The van der Waals surface area contributed by atoms with Crippen molar-refractivity contribution in [3.8, 4) is 0 Å². The van der Waals surface area contributed by atoms with Crippen molar-refractivity contribution in [1.82, 2.24) is 0 Å². The molecule has 0 aromatic rings. The topological polar surface area (TPSA) is 52.6 Å². The molecule has 0 aliphatic heterocycles. The Hall–Kier alpha value is -1.84. The van der Waals surface area contributed by atoms with E-state index in [9.17, 15) is 9.59 Å². The van der Waals surface area contributed by atoms with Crippen molar-refractivity contribution in [2.75, 3.05) is 14.2 Å². The SMILES string of the molecule is COC1=C(OC)C(=O)C(C/C=C(\C)CCCC(C)CCCC(C)CCCC(C)C)=C(C)C1=O.